The molecule has 142 valence electrons. The zero-order valence-electron chi connectivity index (χ0n) is 14.1. The van der Waals surface area contributed by atoms with Crippen LogP contribution in [0, 0.1) is 0 Å². The minimum Gasteiger partial charge on any atom is -0.493 e. The van der Waals surface area contributed by atoms with E-state index < -0.39 is 17.1 Å². The Morgan fingerprint density at radius 1 is 1.15 bits per heavy atom. The number of imidazole rings is 1. The molecule has 27 heavy (non-hydrogen) atoms. The molecule has 1 unspecified atom stereocenters. The van der Waals surface area contributed by atoms with E-state index in [-0.39, 0.29) is 22.4 Å². The maximum Gasteiger partial charge on any atom is 0.586 e. The van der Waals surface area contributed by atoms with Gasteiger partial charge in [0, 0.05) is 18.2 Å². The lowest BCUT2D eigenvalue weighted by molar-refractivity contribution is -0.286. The van der Waals surface area contributed by atoms with Gasteiger partial charge in [-0.2, -0.15) is 0 Å². The van der Waals surface area contributed by atoms with Crippen LogP contribution in [0.25, 0.3) is 11.0 Å². The SMILES string of the molecule is COc1cnc(CS(=O)c2nc3cc4c(cc3[nH]2)OC(F)(F)O4)cc1OC. The number of rotatable bonds is 5. The molecule has 11 heteroatoms. The minimum atomic E-state index is -3.70. The maximum absolute atomic E-state index is 13.1. The van der Waals surface area contributed by atoms with E-state index in [1.807, 2.05) is 0 Å². The highest BCUT2D eigenvalue weighted by Crippen LogP contribution is 2.42. The van der Waals surface area contributed by atoms with Crippen LogP contribution in [0.1, 0.15) is 5.69 Å². The average molecular weight is 397 g/mol. The van der Waals surface area contributed by atoms with Crippen molar-refractivity contribution in [2.75, 3.05) is 14.2 Å². The number of methoxy groups -OCH3 is 2. The molecule has 0 saturated carbocycles. The van der Waals surface area contributed by atoms with Crippen LogP contribution < -0.4 is 18.9 Å². The van der Waals surface area contributed by atoms with E-state index in [2.05, 4.69) is 24.4 Å². The van der Waals surface area contributed by atoms with Crippen LogP contribution in [-0.4, -0.2) is 39.7 Å². The number of aromatic amines is 1. The molecule has 0 saturated heterocycles. The number of aromatic nitrogens is 3. The number of halogens is 2. The Morgan fingerprint density at radius 3 is 2.56 bits per heavy atom. The van der Waals surface area contributed by atoms with Gasteiger partial charge in [-0.3, -0.25) is 9.19 Å². The number of alkyl halides is 2. The monoisotopic (exact) mass is 397 g/mol. The van der Waals surface area contributed by atoms with Crippen molar-refractivity contribution >= 4 is 21.8 Å². The summed E-state index contributed by atoms with van der Waals surface area (Å²) in [7, 11) is 1.43. The van der Waals surface area contributed by atoms with Crippen LogP contribution in [0.5, 0.6) is 23.0 Å². The predicted octanol–water partition coefficient (Wildman–Crippen LogP) is 2.60. The van der Waals surface area contributed by atoms with Crippen molar-refractivity contribution in [1.29, 1.82) is 0 Å². The normalized spacial score (nSPS) is 15.7. The molecule has 1 aromatic carbocycles. The molecule has 0 aliphatic carbocycles. The van der Waals surface area contributed by atoms with Crippen molar-refractivity contribution in [3.05, 3.63) is 30.1 Å². The van der Waals surface area contributed by atoms with E-state index in [9.17, 15) is 13.0 Å². The highest BCUT2D eigenvalue weighted by molar-refractivity contribution is 7.84. The fraction of sp³-hybridized carbons (Fsp3) is 0.250. The summed E-state index contributed by atoms with van der Waals surface area (Å²) in [6.45, 7) is 0. The lowest BCUT2D eigenvalue weighted by atomic mass is 10.3. The Hall–Kier alpha value is -2.95. The highest BCUT2D eigenvalue weighted by atomic mass is 32.2. The summed E-state index contributed by atoms with van der Waals surface area (Å²) in [4.78, 5) is 11.2. The van der Waals surface area contributed by atoms with Gasteiger partial charge >= 0.3 is 6.29 Å². The van der Waals surface area contributed by atoms with Crippen molar-refractivity contribution in [3.63, 3.8) is 0 Å². The molecule has 1 aliphatic heterocycles. The fourth-order valence-electron chi connectivity index (χ4n) is 2.60. The third kappa shape index (κ3) is 3.25. The second kappa shape index (κ2) is 6.34. The van der Waals surface area contributed by atoms with Crippen molar-refractivity contribution in [3.8, 4) is 23.0 Å². The summed E-state index contributed by atoms with van der Waals surface area (Å²) in [5.74, 6) is 0.760. The Labute approximate surface area is 153 Å². The van der Waals surface area contributed by atoms with Crippen LogP contribution in [0.2, 0.25) is 0 Å². The number of H-pyrrole nitrogens is 1. The molecular formula is C16H13F2N3O5S. The van der Waals surface area contributed by atoms with Gasteiger partial charge in [-0.25, -0.2) is 4.98 Å². The molecule has 3 aromatic rings. The summed E-state index contributed by atoms with van der Waals surface area (Å²) in [6, 6.07) is 4.25. The zero-order valence-corrected chi connectivity index (χ0v) is 14.9. The van der Waals surface area contributed by atoms with Crippen LogP contribution in [-0.2, 0) is 16.6 Å². The largest absolute Gasteiger partial charge is 0.586 e. The van der Waals surface area contributed by atoms with E-state index in [0.717, 1.165) is 0 Å². The molecule has 0 amide bonds. The molecule has 0 spiro atoms. The summed E-state index contributed by atoms with van der Waals surface area (Å²) >= 11 is 0. The van der Waals surface area contributed by atoms with E-state index >= 15 is 0 Å². The van der Waals surface area contributed by atoms with E-state index in [1.54, 1.807) is 6.07 Å². The molecule has 1 aliphatic rings. The number of nitrogens with one attached hydrogen (secondary N) is 1. The molecule has 0 bridgehead atoms. The van der Waals surface area contributed by atoms with Gasteiger partial charge in [0.05, 0.1) is 53.7 Å². The number of benzene rings is 1. The summed E-state index contributed by atoms with van der Waals surface area (Å²) in [5, 5.41) is 0.178. The van der Waals surface area contributed by atoms with Crippen LogP contribution in [0.15, 0.2) is 29.6 Å². The second-order valence-corrected chi connectivity index (χ2v) is 6.91. The van der Waals surface area contributed by atoms with Crippen molar-refractivity contribution in [1.82, 2.24) is 15.0 Å². The van der Waals surface area contributed by atoms with E-state index in [4.69, 9.17) is 9.47 Å². The van der Waals surface area contributed by atoms with Gasteiger partial charge in [-0.1, -0.05) is 0 Å². The fourth-order valence-corrected chi connectivity index (χ4v) is 3.59. The number of pyridine rings is 1. The number of fused-ring (bicyclic) bond motifs is 2. The molecule has 4 rings (SSSR count). The van der Waals surface area contributed by atoms with Crippen molar-refractivity contribution in [2.24, 2.45) is 0 Å². The first-order valence-electron chi connectivity index (χ1n) is 7.63. The van der Waals surface area contributed by atoms with Gasteiger partial charge in [0.15, 0.2) is 28.2 Å². The first-order chi connectivity index (χ1) is 12.9. The second-order valence-electron chi connectivity index (χ2n) is 5.55. The third-order valence-electron chi connectivity index (χ3n) is 3.81. The highest BCUT2D eigenvalue weighted by Gasteiger charge is 2.43. The zero-order chi connectivity index (χ0) is 19.2. The lowest BCUT2D eigenvalue weighted by Gasteiger charge is -2.08. The van der Waals surface area contributed by atoms with Gasteiger partial charge in [0.2, 0.25) is 0 Å². The van der Waals surface area contributed by atoms with Crippen molar-refractivity contribution in [2.45, 2.75) is 17.2 Å². The Kier molecular flexibility index (Phi) is 4.10. The molecule has 3 heterocycles. The number of hydrogen-bond donors (Lipinski definition) is 1. The van der Waals surface area contributed by atoms with Crippen LogP contribution in [0.3, 0.4) is 0 Å². The number of nitrogens with zero attached hydrogens (tertiary/aromatic N) is 2. The average Bonchev–Trinajstić information content (AvgIpc) is 3.17. The predicted molar refractivity (Wildman–Crippen MR) is 89.8 cm³/mol. The molecule has 1 N–H and O–H groups in total. The van der Waals surface area contributed by atoms with E-state index in [0.29, 0.717) is 28.2 Å². The number of ether oxygens (including phenoxy) is 4. The lowest BCUT2D eigenvalue weighted by Crippen LogP contribution is -2.25. The Balaban J connectivity index is 1.59. The topological polar surface area (TPSA) is 95.6 Å². The van der Waals surface area contributed by atoms with Crippen LogP contribution >= 0.6 is 0 Å². The van der Waals surface area contributed by atoms with Crippen molar-refractivity contribution < 1.29 is 31.9 Å². The third-order valence-corrected chi connectivity index (χ3v) is 4.99. The van der Waals surface area contributed by atoms with Gasteiger partial charge in [-0.05, 0) is 0 Å². The van der Waals surface area contributed by atoms with Gasteiger partial charge in [0.1, 0.15) is 0 Å². The van der Waals surface area contributed by atoms with Crippen LogP contribution in [0.4, 0.5) is 8.78 Å². The summed E-state index contributed by atoms with van der Waals surface area (Å²) in [5.41, 5.74) is 1.25. The Bertz CT molecular complexity index is 1010. The molecular weight excluding hydrogens is 384 g/mol. The Morgan fingerprint density at radius 2 is 1.85 bits per heavy atom. The van der Waals surface area contributed by atoms with E-state index in [1.165, 1.54) is 32.5 Å². The maximum atomic E-state index is 13.1. The molecule has 2 aromatic heterocycles. The first-order valence-corrected chi connectivity index (χ1v) is 8.95. The minimum absolute atomic E-state index is 0.0744. The standard InChI is InChI=1S/C16H13F2N3O5S/c1-23-11-3-8(19-6-14(11)24-2)7-27(22)15-20-9-4-12-13(5-10(9)21-15)26-16(17,18)25-12/h3-6H,7H2,1-2H3,(H,20,21). The summed E-state index contributed by atoms with van der Waals surface area (Å²) in [6.07, 6.45) is -2.23. The van der Waals surface area contributed by atoms with Gasteiger partial charge in [0.25, 0.3) is 0 Å². The quantitative estimate of drug-likeness (QED) is 0.707. The summed E-state index contributed by atoms with van der Waals surface area (Å²) < 4.78 is 57.9. The smallest absolute Gasteiger partial charge is 0.493 e. The van der Waals surface area contributed by atoms with Gasteiger partial charge < -0.3 is 23.9 Å². The first kappa shape index (κ1) is 17.5. The molecule has 0 fully saturated rings. The number of hydrogen-bond acceptors (Lipinski definition) is 7. The van der Waals surface area contributed by atoms with Gasteiger partial charge in [-0.15, -0.1) is 8.78 Å². The molecule has 0 radical (unpaired) electrons. The molecule has 8 nitrogen and oxygen atoms in total. The molecule has 1 atom stereocenters.